The van der Waals surface area contributed by atoms with E-state index < -0.39 is 11.7 Å². The molecular formula is C14H17F3N2O. The van der Waals surface area contributed by atoms with Crippen LogP contribution in [0.3, 0.4) is 0 Å². The van der Waals surface area contributed by atoms with E-state index in [4.69, 9.17) is 5.73 Å². The molecule has 0 radical (unpaired) electrons. The highest BCUT2D eigenvalue weighted by Crippen LogP contribution is 2.30. The van der Waals surface area contributed by atoms with Crippen LogP contribution in [0.4, 0.5) is 13.2 Å². The predicted octanol–water partition coefficient (Wildman–Crippen LogP) is 2.52. The van der Waals surface area contributed by atoms with Crippen molar-refractivity contribution in [3.63, 3.8) is 0 Å². The summed E-state index contributed by atoms with van der Waals surface area (Å²) in [6, 6.07) is 4.56. The van der Waals surface area contributed by atoms with E-state index in [0.29, 0.717) is 19.6 Å². The first-order chi connectivity index (χ1) is 9.41. The van der Waals surface area contributed by atoms with Gasteiger partial charge >= 0.3 is 6.18 Å². The van der Waals surface area contributed by atoms with Gasteiger partial charge in [0.15, 0.2) is 0 Å². The standard InChI is InChI=1S/C14H17F3N2O/c15-14(16,17)12-5-1-4-11(7-12)13(20)19-6-2-3-10(8-18)9-19/h1,4-5,7,10H,2-3,6,8-9,18H2. The van der Waals surface area contributed by atoms with Gasteiger partial charge in [-0.2, -0.15) is 13.2 Å². The zero-order valence-corrected chi connectivity index (χ0v) is 11.0. The number of rotatable bonds is 2. The summed E-state index contributed by atoms with van der Waals surface area (Å²) in [6.45, 7) is 1.59. The van der Waals surface area contributed by atoms with E-state index in [-0.39, 0.29) is 17.4 Å². The van der Waals surface area contributed by atoms with Crippen LogP contribution in [0.5, 0.6) is 0 Å². The normalized spacial score (nSPS) is 20.0. The van der Waals surface area contributed by atoms with Crippen molar-refractivity contribution in [1.29, 1.82) is 0 Å². The van der Waals surface area contributed by atoms with Gasteiger partial charge in [-0.1, -0.05) is 6.07 Å². The Balaban J connectivity index is 2.17. The monoisotopic (exact) mass is 286 g/mol. The Morgan fingerprint density at radius 1 is 1.40 bits per heavy atom. The summed E-state index contributed by atoms with van der Waals surface area (Å²) in [5.74, 6) is -0.118. The lowest BCUT2D eigenvalue weighted by atomic mass is 9.97. The molecule has 1 heterocycles. The molecule has 1 atom stereocenters. The molecule has 1 amide bonds. The lowest BCUT2D eigenvalue weighted by Gasteiger charge is -2.32. The van der Waals surface area contributed by atoms with Crippen LogP contribution in [0.2, 0.25) is 0 Å². The van der Waals surface area contributed by atoms with Crippen LogP contribution < -0.4 is 5.73 Å². The van der Waals surface area contributed by atoms with Crippen molar-refractivity contribution >= 4 is 5.91 Å². The van der Waals surface area contributed by atoms with Crippen LogP contribution in [-0.2, 0) is 6.18 Å². The number of benzene rings is 1. The maximum Gasteiger partial charge on any atom is 0.416 e. The summed E-state index contributed by atoms with van der Waals surface area (Å²) in [5, 5.41) is 0. The van der Waals surface area contributed by atoms with Crippen molar-refractivity contribution in [1.82, 2.24) is 4.90 Å². The third-order valence-corrected chi connectivity index (χ3v) is 3.58. The molecule has 1 aromatic carbocycles. The van der Waals surface area contributed by atoms with Gasteiger partial charge in [0, 0.05) is 18.7 Å². The summed E-state index contributed by atoms with van der Waals surface area (Å²) < 4.78 is 37.9. The first-order valence-electron chi connectivity index (χ1n) is 6.58. The molecule has 0 spiro atoms. The molecule has 1 aliphatic rings. The number of hydrogen-bond acceptors (Lipinski definition) is 2. The molecule has 1 unspecified atom stereocenters. The minimum absolute atomic E-state index is 0.0810. The van der Waals surface area contributed by atoms with Gasteiger partial charge in [0.05, 0.1) is 5.56 Å². The second-order valence-corrected chi connectivity index (χ2v) is 5.07. The number of carbonyl (C=O) groups is 1. The van der Waals surface area contributed by atoms with Crippen molar-refractivity contribution < 1.29 is 18.0 Å². The van der Waals surface area contributed by atoms with Crippen LogP contribution >= 0.6 is 0 Å². The molecule has 3 nitrogen and oxygen atoms in total. The molecule has 20 heavy (non-hydrogen) atoms. The highest BCUT2D eigenvalue weighted by molar-refractivity contribution is 5.94. The second kappa shape index (κ2) is 5.83. The largest absolute Gasteiger partial charge is 0.416 e. The van der Waals surface area contributed by atoms with Crippen molar-refractivity contribution in [3.05, 3.63) is 35.4 Å². The number of hydrogen-bond donors (Lipinski definition) is 1. The summed E-state index contributed by atoms with van der Waals surface area (Å²) in [6.07, 6.45) is -2.63. The van der Waals surface area contributed by atoms with Crippen molar-refractivity contribution in [2.24, 2.45) is 11.7 Å². The number of nitrogens with zero attached hydrogens (tertiary/aromatic N) is 1. The number of amides is 1. The van der Waals surface area contributed by atoms with Crippen molar-refractivity contribution in [3.8, 4) is 0 Å². The minimum atomic E-state index is -4.43. The number of likely N-dealkylation sites (tertiary alicyclic amines) is 1. The first kappa shape index (κ1) is 14.8. The molecule has 6 heteroatoms. The summed E-state index contributed by atoms with van der Waals surface area (Å²) in [7, 11) is 0. The molecule has 1 aliphatic heterocycles. The Morgan fingerprint density at radius 3 is 2.80 bits per heavy atom. The van der Waals surface area contributed by atoms with E-state index in [9.17, 15) is 18.0 Å². The van der Waals surface area contributed by atoms with E-state index in [1.165, 1.54) is 12.1 Å². The number of piperidine rings is 1. The van der Waals surface area contributed by atoms with Crippen LogP contribution in [0.1, 0.15) is 28.8 Å². The van der Waals surface area contributed by atoms with Gasteiger partial charge in [0.25, 0.3) is 5.91 Å². The lowest BCUT2D eigenvalue weighted by Crippen LogP contribution is -2.42. The van der Waals surface area contributed by atoms with Crippen LogP contribution in [0.15, 0.2) is 24.3 Å². The molecule has 2 rings (SSSR count). The molecular weight excluding hydrogens is 269 g/mol. The molecule has 0 aromatic heterocycles. The maximum absolute atomic E-state index is 12.6. The Kier molecular flexibility index (Phi) is 4.32. The minimum Gasteiger partial charge on any atom is -0.338 e. The van der Waals surface area contributed by atoms with Crippen LogP contribution in [-0.4, -0.2) is 30.4 Å². The molecule has 2 N–H and O–H groups in total. The molecule has 0 saturated carbocycles. The third-order valence-electron chi connectivity index (χ3n) is 3.58. The number of carbonyl (C=O) groups excluding carboxylic acids is 1. The van der Waals surface area contributed by atoms with E-state index in [1.54, 1.807) is 4.90 Å². The predicted molar refractivity (Wildman–Crippen MR) is 69.1 cm³/mol. The van der Waals surface area contributed by atoms with E-state index in [0.717, 1.165) is 25.0 Å². The Morgan fingerprint density at radius 2 is 2.15 bits per heavy atom. The molecule has 1 saturated heterocycles. The number of alkyl halides is 3. The maximum atomic E-state index is 12.6. The summed E-state index contributed by atoms with van der Waals surface area (Å²) in [5.41, 5.74) is 4.88. The van der Waals surface area contributed by atoms with E-state index in [2.05, 4.69) is 0 Å². The van der Waals surface area contributed by atoms with Gasteiger partial charge in [-0.15, -0.1) is 0 Å². The zero-order valence-electron chi connectivity index (χ0n) is 11.0. The fourth-order valence-corrected chi connectivity index (χ4v) is 2.45. The van der Waals surface area contributed by atoms with Gasteiger partial charge in [0.1, 0.15) is 0 Å². The average molecular weight is 286 g/mol. The topological polar surface area (TPSA) is 46.3 Å². The molecule has 1 aromatic rings. The Labute approximate surface area is 115 Å². The van der Waals surface area contributed by atoms with E-state index >= 15 is 0 Å². The average Bonchev–Trinajstić information content (AvgIpc) is 2.46. The highest BCUT2D eigenvalue weighted by atomic mass is 19.4. The summed E-state index contributed by atoms with van der Waals surface area (Å²) >= 11 is 0. The van der Waals surface area contributed by atoms with Gasteiger partial charge in [-0.3, -0.25) is 4.79 Å². The smallest absolute Gasteiger partial charge is 0.338 e. The number of halogens is 3. The summed E-state index contributed by atoms with van der Waals surface area (Å²) in [4.78, 5) is 13.9. The van der Waals surface area contributed by atoms with Gasteiger partial charge in [0.2, 0.25) is 0 Å². The SMILES string of the molecule is NCC1CCCN(C(=O)c2cccc(C(F)(F)F)c2)C1. The first-order valence-corrected chi connectivity index (χ1v) is 6.58. The quantitative estimate of drug-likeness (QED) is 0.908. The molecule has 0 bridgehead atoms. The Hall–Kier alpha value is -1.56. The zero-order chi connectivity index (χ0) is 14.8. The molecule has 0 aliphatic carbocycles. The molecule has 110 valence electrons. The van der Waals surface area contributed by atoms with Crippen LogP contribution in [0, 0.1) is 5.92 Å². The van der Waals surface area contributed by atoms with Crippen molar-refractivity contribution in [2.75, 3.05) is 19.6 Å². The fourth-order valence-electron chi connectivity index (χ4n) is 2.45. The van der Waals surface area contributed by atoms with Crippen molar-refractivity contribution in [2.45, 2.75) is 19.0 Å². The number of nitrogens with two attached hydrogens (primary N) is 1. The highest BCUT2D eigenvalue weighted by Gasteiger charge is 2.31. The second-order valence-electron chi connectivity index (χ2n) is 5.07. The Bertz CT molecular complexity index is 488. The molecule has 1 fully saturated rings. The van der Waals surface area contributed by atoms with Crippen LogP contribution in [0.25, 0.3) is 0 Å². The fraction of sp³-hybridized carbons (Fsp3) is 0.500. The lowest BCUT2D eigenvalue weighted by molar-refractivity contribution is -0.137. The third kappa shape index (κ3) is 3.30. The van der Waals surface area contributed by atoms with Gasteiger partial charge < -0.3 is 10.6 Å². The van der Waals surface area contributed by atoms with E-state index in [1.807, 2.05) is 0 Å². The van der Waals surface area contributed by atoms with Gasteiger partial charge in [-0.05, 0) is 43.5 Å². The van der Waals surface area contributed by atoms with Gasteiger partial charge in [-0.25, -0.2) is 0 Å².